The second-order valence-electron chi connectivity index (χ2n) is 8.32. The van der Waals surface area contributed by atoms with E-state index in [1.807, 2.05) is 7.05 Å². The number of aliphatic imine (C=N–C) groups is 1. The van der Waals surface area contributed by atoms with Crippen LogP contribution in [0.25, 0.3) is 0 Å². The van der Waals surface area contributed by atoms with Crippen LogP contribution in [0.1, 0.15) is 64.2 Å². The van der Waals surface area contributed by atoms with Crippen LogP contribution in [-0.2, 0) is 0 Å². The standard InChI is InChI=1S/C19H36N4O/c1-20-18(21-14-19(10-11-24)8-3-4-9-19)22-15-12-16-6-5-7-17(13-15)23(16)2/h15-17,24H,3-14H2,1-2H3,(H2,20,21,22). The Morgan fingerprint density at radius 2 is 1.83 bits per heavy atom. The molecule has 2 heterocycles. The first-order valence-electron chi connectivity index (χ1n) is 9.96. The molecular formula is C19H36N4O. The minimum absolute atomic E-state index is 0.273. The Kier molecular flexibility index (Phi) is 6.03. The zero-order valence-corrected chi connectivity index (χ0v) is 15.6. The minimum atomic E-state index is 0.273. The highest BCUT2D eigenvalue weighted by Gasteiger charge is 2.37. The van der Waals surface area contributed by atoms with Crippen molar-refractivity contribution in [3.63, 3.8) is 0 Å². The summed E-state index contributed by atoms with van der Waals surface area (Å²) in [5.74, 6) is 0.951. The molecule has 2 aliphatic heterocycles. The molecule has 5 heteroatoms. The van der Waals surface area contributed by atoms with Crippen LogP contribution in [0.4, 0.5) is 0 Å². The summed E-state index contributed by atoms with van der Waals surface area (Å²) in [6.07, 6.45) is 12.5. The van der Waals surface area contributed by atoms with Crippen molar-refractivity contribution in [3.8, 4) is 0 Å². The molecule has 2 saturated heterocycles. The van der Waals surface area contributed by atoms with Crippen LogP contribution in [0.2, 0.25) is 0 Å². The summed E-state index contributed by atoms with van der Waals surface area (Å²) in [7, 11) is 4.18. The van der Waals surface area contributed by atoms with Crippen LogP contribution in [0.5, 0.6) is 0 Å². The molecule has 5 nitrogen and oxygen atoms in total. The Morgan fingerprint density at radius 3 is 2.42 bits per heavy atom. The zero-order valence-electron chi connectivity index (χ0n) is 15.6. The molecule has 1 saturated carbocycles. The topological polar surface area (TPSA) is 59.9 Å². The second-order valence-corrected chi connectivity index (χ2v) is 8.32. The Labute approximate surface area is 147 Å². The van der Waals surface area contributed by atoms with Crippen molar-refractivity contribution in [3.05, 3.63) is 0 Å². The van der Waals surface area contributed by atoms with Gasteiger partial charge in [-0.15, -0.1) is 0 Å². The summed E-state index contributed by atoms with van der Waals surface area (Å²) in [6.45, 7) is 1.23. The van der Waals surface area contributed by atoms with Crippen molar-refractivity contribution >= 4 is 5.96 Å². The number of aliphatic hydroxyl groups is 1. The Balaban J connectivity index is 1.52. The van der Waals surface area contributed by atoms with Gasteiger partial charge in [0.15, 0.2) is 5.96 Å². The lowest BCUT2D eigenvalue weighted by atomic mass is 9.82. The van der Waals surface area contributed by atoms with E-state index < -0.39 is 0 Å². The predicted octanol–water partition coefficient (Wildman–Crippen LogP) is 2.11. The average molecular weight is 337 g/mol. The van der Waals surface area contributed by atoms with Gasteiger partial charge in [-0.25, -0.2) is 0 Å². The number of aliphatic hydroxyl groups excluding tert-OH is 1. The molecule has 24 heavy (non-hydrogen) atoms. The van der Waals surface area contributed by atoms with Crippen molar-refractivity contribution < 1.29 is 5.11 Å². The van der Waals surface area contributed by atoms with Gasteiger partial charge in [0.2, 0.25) is 0 Å². The summed E-state index contributed by atoms with van der Waals surface area (Å²) >= 11 is 0. The summed E-state index contributed by atoms with van der Waals surface area (Å²) in [6, 6.07) is 2.02. The molecule has 1 aliphatic carbocycles. The maximum absolute atomic E-state index is 9.41. The number of hydrogen-bond acceptors (Lipinski definition) is 3. The molecule has 0 spiro atoms. The van der Waals surface area contributed by atoms with Gasteiger partial charge in [0.1, 0.15) is 0 Å². The van der Waals surface area contributed by atoms with E-state index in [0.29, 0.717) is 12.6 Å². The van der Waals surface area contributed by atoms with Gasteiger partial charge in [0, 0.05) is 38.3 Å². The number of nitrogens with zero attached hydrogens (tertiary/aromatic N) is 2. The number of guanidine groups is 1. The average Bonchev–Trinajstić information content (AvgIpc) is 3.01. The van der Waals surface area contributed by atoms with Crippen LogP contribution < -0.4 is 10.6 Å². The normalized spacial score (nSPS) is 33.5. The number of fused-ring (bicyclic) bond motifs is 2. The zero-order chi connectivity index (χ0) is 17.0. The lowest BCUT2D eigenvalue weighted by Gasteiger charge is -2.47. The van der Waals surface area contributed by atoms with Crippen LogP contribution in [0.15, 0.2) is 4.99 Å². The fourth-order valence-electron chi connectivity index (χ4n) is 5.27. The summed E-state index contributed by atoms with van der Waals surface area (Å²) in [4.78, 5) is 7.07. The maximum atomic E-state index is 9.41. The van der Waals surface area contributed by atoms with Gasteiger partial charge < -0.3 is 20.6 Å². The fourth-order valence-corrected chi connectivity index (χ4v) is 5.27. The maximum Gasteiger partial charge on any atom is 0.191 e. The van der Waals surface area contributed by atoms with Gasteiger partial charge in [-0.2, -0.15) is 0 Å². The van der Waals surface area contributed by atoms with Crippen LogP contribution in [-0.4, -0.2) is 61.3 Å². The summed E-state index contributed by atoms with van der Waals surface area (Å²) < 4.78 is 0. The third kappa shape index (κ3) is 4.05. The van der Waals surface area contributed by atoms with Gasteiger partial charge in [0.25, 0.3) is 0 Å². The molecule has 3 rings (SSSR count). The van der Waals surface area contributed by atoms with E-state index in [1.54, 1.807) is 0 Å². The summed E-state index contributed by atoms with van der Waals surface area (Å²) in [5.41, 5.74) is 0.273. The van der Waals surface area contributed by atoms with E-state index in [2.05, 4.69) is 27.6 Å². The quantitative estimate of drug-likeness (QED) is 0.532. The van der Waals surface area contributed by atoms with Crippen molar-refractivity contribution in [1.82, 2.24) is 15.5 Å². The molecule has 0 aromatic rings. The smallest absolute Gasteiger partial charge is 0.191 e. The molecule has 0 aromatic heterocycles. The van der Waals surface area contributed by atoms with Gasteiger partial charge in [-0.05, 0) is 57.4 Å². The van der Waals surface area contributed by atoms with E-state index in [0.717, 1.165) is 31.0 Å². The molecule has 2 atom stereocenters. The van der Waals surface area contributed by atoms with E-state index in [-0.39, 0.29) is 5.41 Å². The van der Waals surface area contributed by atoms with Gasteiger partial charge in [0.05, 0.1) is 0 Å². The highest BCUT2D eigenvalue weighted by atomic mass is 16.3. The van der Waals surface area contributed by atoms with Crippen LogP contribution >= 0.6 is 0 Å². The molecular weight excluding hydrogens is 300 g/mol. The van der Waals surface area contributed by atoms with Crippen molar-refractivity contribution in [1.29, 1.82) is 0 Å². The molecule has 138 valence electrons. The molecule has 2 bridgehead atoms. The Bertz CT molecular complexity index is 419. The molecule has 2 unspecified atom stereocenters. The third-order valence-corrected chi connectivity index (χ3v) is 6.84. The van der Waals surface area contributed by atoms with Gasteiger partial charge in [-0.1, -0.05) is 19.3 Å². The monoisotopic (exact) mass is 336 g/mol. The predicted molar refractivity (Wildman–Crippen MR) is 99.3 cm³/mol. The van der Waals surface area contributed by atoms with Gasteiger partial charge >= 0.3 is 0 Å². The minimum Gasteiger partial charge on any atom is -0.396 e. The van der Waals surface area contributed by atoms with Crippen LogP contribution in [0, 0.1) is 5.41 Å². The fraction of sp³-hybridized carbons (Fsp3) is 0.947. The van der Waals surface area contributed by atoms with E-state index in [4.69, 9.17) is 0 Å². The van der Waals surface area contributed by atoms with Crippen molar-refractivity contribution in [2.75, 3.05) is 27.2 Å². The number of hydrogen-bond donors (Lipinski definition) is 3. The Hall–Kier alpha value is -0.810. The Morgan fingerprint density at radius 1 is 1.17 bits per heavy atom. The largest absolute Gasteiger partial charge is 0.396 e. The first-order valence-corrected chi connectivity index (χ1v) is 9.96. The number of piperidine rings is 2. The third-order valence-electron chi connectivity index (χ3n) is 6.84. The van der Waals surface area contributed by atoms with Crippen molar-refractivity contribution in [2.45, 2.75) is 82.3 Å². The van der Waals surface area contributed by atoms with Crippen molar-refractivity contribution in [2.24, 2.45) is 10.4 Å². The highest BCUT2D eigenvalue weighted by Crippen LogP contribution is 2.40. The molecule has 0 amide bonds. The SMILES string of the molecule is CN=C(NCC1(CCO)CCCC1)NC1CC2CCCC(C1)N2C. The van der Waals surface area contributed by atoms with E-state index in [1.165, 1.54) is 57.8 Å². The first-order chi connectivity index (χ1) is 11.7. The second kappa shape index (κ2) is 8.05. The molecule has 0 radical (unpaired) electrons. The highest BCUT2D eigenvalue weighted by molar-refractivity contribution is 5.80. The number of rotatable bonds is 5. The van der Waals surface area contributed by atoms with Crippen LogP contribution in [0.3, 0.4) is 0 Å². The lowest BCUT2D eigenvalue weighted by Crippen LogP contribution is -2.57. The first kappa shape index (κ1) is 18.0. The molecule has 3 fully saturated rings. The molecule has 3 N–H and O–H groups in total. The molecule has 3 aliphatic rings. The van der Waals surface area contributed by atoms with Gasteiger partial charge in [-0.3, -0.25) is 4.99 Å². The van der Waals surface area contributed by atoms with E-state index >= 15 is 0 Å². The molecule has 0 aromatic carbocycles. The number of nitrogens with one attached hydrogen (secondary N) is 2. The lowest BCUT2D eigenvalue weighted by molar-refractivity contribution is 0.0526. The van der Waals surface area contributed by atoms with E-state index in [9.17, 15) is 5.11 Å². The summed E-state index contributed by atoms with van der Waals surface area (Å²) in [5, 5.41) is 16.7.